The molecule has 0 amide bonds. The van der Waals surface area contributed by atoms with Crippen molar-refractivity contribution in [1.82, 2.24) is 9.38 Å². The van der Waals surface area contributed by atoms with Crippen molar-refractivity contribution in [2.45, 2.75) is 0 Å². The van der Waals surface area contributed by atoms with E-state index < -0.39 is 4.92 Å². The number of imidazole rings is 1. The largest absolute Gasteiger partial charge is 0.492 e. The Balaban J connectivity index is 1.58. The number of aromatic nitrogens is 2. The van der Waals surface area contributed by atoms with Crippen LogP contribution in [-0.2, 0) is 0 Å². The summed E-state index contributed by atoms with van der Waals surface area (Å²) in [6.07, 6.45) is 0. The maximum Gasteiger partial charge on any atom is 0.269 e. The lowest BCUT2D eigenvalue weighted by molar-refractivity contribution is -0.384. The molecular formula is C19H11N5O3S3. The second-order valence-electron chi connectivity index (χ2n) is 6.09. The molecule has 0 radical (unpaired) electrons. The van der Waals surface area contributed by atoms with Crippen molar-refractivity contribution >= 4 is 55.3 Å². The molecule has 0 saturated carbocycles. The van der Waals surface area contributed by atoms with Gasteiger partial charge in [0.25, 0.3) is 5.69 Å². The van der Waals surface area contributed by atoms with Crippen LogP contribution in [0.15, 0.2) is 69.5 Å². The Morgan fingerprint density at radius 3 is 2.33 bits per heavy atom. The van der Waals surface area contributed by atoms with Gasteiger partial charge in [-0.05, 0) is 35.0 Å². The van der Waals surface area contributed by atoms with Crippen LogP contribution in [0.2, 0.25) is 0 Å². The van der Waals surface area contributed by atoms with Gasteiger partial charge >= 0.3 is 0 Å². The Bertz CT molecular complexity index is 1370. The van der Waals surface area contributed by atoms with Crippen LogP contribution >= 0.6 is 34.0 Å². The average Bonchev–Trinajstić information content (AvgIpc) is 3.52. The molecule has 148 valence electrons. The second-order valence-corrected chi connectivity index (χ2v) is 8.94. The molecule has 30 heavy (non-hydrogen) atoms. The quantitative estimate of drug-likeness (QED) is 0.178. The highest BCUT2D eigenvalue weighted by molar-refractivity contribution is 7.21. The van der Waals surface area contributed by atoms with Gasteiger partial charge < -0.3 is 5.11 Å². The van der Waals surface area contributed by atoms with Gasteiger partial charge in [0.15, 0.2) is 4.96 Å². The minimum absolute atomic E-state index is 0.0203. The number of hydrogen-bond acceptors (Lipinski definition) is 9. The van der Waals surface area contributed by atoms with Gasteiger partial charge in [-0.3, -0.25) is 14.5 Å². The van der Waals surface area contributed by atoms with Crippen LogP contribution in [0, 0.1) is 10.1 Å². The predicted molar refractivity (Wildman–Crippen MR) is 119 cm³/mol. The average molecular weight is 454 g/mol. The number of thiophene rings is 2. The molecule has 5 rings (SSSR count). The first-order valence-electron chi connectivity index (χ1n) is 8.60. The Hall–Kier alpha value is -3.41. The number of non-ortho nitro benzene ring substituents is 1. The maximum absolute atomic E-state index is 10.9. The van der Waals surface area contributed by atoms with Gasteiger partial charge in [-0.2, -0.15) is 0 Å². The normalized spacial score (nSPS) is 11.6. The number of nitrogens with zero attached hydrogens (tertiary/aromatic N) is 5. The van der Waals surface area contributed by atoms with E-state index in [4.69, 9.17) is 4.98 Å². The Morgan fingerprint density at radius 2 is 1.70 bits per heavy atom. The number of rotatable bonds is 5. The first-order chi connectivity index (χ1) is 14.6. The van der Waals surface area contributed by atoms with Gasteiger partial charge in [0, 0.05) is 12.1 Å². The van der Waals surface area contributed by atoms with Gasteiger partial charge in [-0.15, -0.1) is 32.9 Å². The predicted octanol–water partition coefficient (Wildman–Crippen LogP) is 6.88. The minimum Gasteiger partial charge on any atom is -0.492 e. The molecule has 0 atom stereocenters. The van der Waals surface area contributed by atoms with E-state index >= 15 is 0 Å². The number of thiazole rings is 1. The highest BCUT2D eigenvalue weighted by Gasteiger charge is 2.23. The molecule has 11 heteroatoms. The molecule has 1 aromatic carbocycles. The fourth-order valence-corrected chi connectivity index (χ4v) is 5.25. The third kappa shape index (κ3) is 3.18. The monoisotopic (exact) mass is 453 g/mol. The summed E-state index contributed by atoms with van der Waals surface area (Å²) in [4.78, 5) is 17.6. The van der Waals surface area contributed by atoms with E-state index in [-0.39, 0.29) is 11.6 Å². The van der Waals surface area contributed by atoms with E-state index in [1.54, 1.807) is 27.1 Å². The van der Waals surface area contributed by atoms with Crippen molar-refractivity contribution in [3.63, 3.8) is 0 Å². The smallest absolute Gasteiger partial charge is 0.269 e. The van der Waals surface area contributed by atoms with E-state index in [0.29, 0.717) is 15.6 Å². The van der Waals surface area contributed by atoms with Crippen LogP contribution in [0.25, 0.3) is 26.1 Å². The molecule has 0 aliphatic heterocycles. The SMILES string of the molecule is O=[N+]([O-])c1ccc(N=Nc2sc3nc(-c4cccs4)c(-c4cccs4)n3c2O)cc1. The van der Waals surface area contributed by atoms with Crippen LogP contribution in [-0.4, -0.2) is 19.4 Å². The van der Waals surface area contributed by atoms with Gasteiger partial charge in [0.05, 0.1) is 26.1 Å². The zero-order chi connectivity index (χ0) is 20.7. The summed E-state index contributed by atoms with van der Waals surface area (Å²) in [5.41, 5.74) is 2.05. The molecule has 4 heterocycles. The topological polar surface area (TPSA) is 105 Å². The van der Waals surface area contributed by atoms with E-state index in [1.165, 1.54) is 35.6 Å². The summed E-state index contributed by atoms with van der Waals surface area (Å²) >= 11 is 4.38. The fourth-order valence-electron chi connectivity index (χ4n) is 2.93. The van der Waals surface area contributed by atoms with Crippen LogP contribution < -0.4 is 0 Å². The summed E-state index contributed by atoms with van der Waals surface area (Å²) in [6, 6.07) is 13.6. The molecular weight excluding hydrogens is 442 g/mol. The van der Waals surface area contributed by atoms with Crippen LogP contribution in [0.3, 0.4) is 0 Å². The summed E-state index contributed by atoms with van der Waals surface area (Å²) < 4.78 is 1.69. The summed E-state index contributed by atoms with van der Waals surface area (Å²) in [5.74, 6) is -0.0423. The molecule has 5 aromatic rings. The first-order valence-corrected chi connectivity index (χ1v) is 11.2. The van der Waals surface area contributed by atoms with Crippen molar-refractivity contribution in [3.05, 3.63) is 69.4 Å². The number of benzene rings is 1. The molecule has 0 fully saturated rings. The van der Waals surface area contributed by atoms with Crippen LogP contribution in [0.1, 0.15) is 0 Å². The Kier molecular flexibility index (Phi) is 4.62. The maximum atomic E-state index is 10.9. The lowest BCUT2D eigenvalue weighted by Crippen LogP contribution is -1.85. The van der Waals surface area contributed by atoms with Gasteiger partial charge in [0.1, 0.15) is 5.69 Å². The van der Waals surface area contributed by atoms with Gasteiger partial charge in [-0.1, -0.05) is 23.5 Å². The third-order valence-electron chi connectivity index (χ3n) is 4.26. The lowest BCUT2D eigenvalue weighted by atomic mass is 10.2. The fraction of sp³-hybridized carbons (Fsp3) is 0. The number of nitro groups is 1. The van der Waals surface area contributed by atoms with E-state index in [0.717, 1.165) is 21.1 Å². The van der Waals surface area contributed by atoms with Gasteiger partial charge in [-0.25, -0.2) is 4.98 Å². The molecule has 0 bridgehead atoms. The third-order valence-corrected chi connectivity index (χ3v) is 6.93. The van der Waals surface area contributed by atoms with Crippen molar-refractivity contribution in [2.24, 2.45) is 10.2 Å². The highest BCUT2D eigenvalue weighted by atomic mass is 32.1. The first kappa shape index (κ1) is 18.6. The number of nitro benzene ring substituents is 1. The Labute approximate surface area is 181 Å². The summed E-state index contributed by atoms with van der Waals surface area (Å²) in [7, 11) is 0. The standard InChI is InChI=1S/C19H11N5O3S3/c25-18-17(22-21-11-5-7-12(8-6-11)24(26)27)30-19-20-15(13-3-1-9-28-13)16(23(18)19)14-4-2-10-29-14/h1-10,25H. The van der Waals surface area contributed by atoms with E-state index in [9.17, 15) is 15.2 Å². The molecule has 0 spiro atoms. The molecule has 0 aliphatic rings. The Morgan fingerprint density at radius 1 is 1.00 bits per heavy atom. The van der Waals surface area contributed by atoms with Crippen molar-refractivity contribution in [2.75, 3.05) is 0 Å². The van der Waals surface area contributed by atoms with Crippen molar-refractivity contribution < 1.29 is 10.0 Å². The second kappa shape index (κ2) is 7.44. The molecule has 4 aromatic heterocycles. The van der Waals surface area contributed by atoms with Gasteiger partial charge in [0.2, 0.25) is 10.9 Å². The minimum atomic E-state index is -0.474. The number of aromatic hydroxyl groups is 1. The summed E-state index contributed by atoms with van der Waals surface area (Å²) in [5, 5.41) is 34.2. The molecule has 0 aliphatic carbocycles. The van der Waals surface area contributed by atoms with E-state index in [1.807, 2.05) is 35.0 Å². The zero-order valence-corrected chi connectivity index (χ0v) is 17.4. The molecule has 0 saturated heterocycles. The highest BCUT2D eigenvalue weighted by Crippen LogP contribution is 2.45. The van der Waals surface area contributed by atoms with E-state index in [2.05, 4.69) is 10.2 Å². The molecule has 8 nitrogen and oxygen atoms in total. The van der Waals surface area contributed by atoms with Crippen molar-refractivity contribution in [3.8, 4) is 27.0 Å². The number of azo groups is 1. The molecule has 0 unspecified atom stereocenters. The van der Waals surface area contributed by atoms with Crippen LogP contribution in [0.4, 0.5) is 16.4 Å². The summed E-state index contributed by atoms with van der Waals surface area (Å²) in [6.45, 7) is 0. The zero-order valence-electron chi connectivity index (χ0n) is 15.0. The number of fused-ring (bicyclic) bond motifs is 1. The molecule has 1 N–H and O–H groups in total. The van der Waals surface area contributed by atoms with Crippen LogP contribution in [0.5, 0.6) is 5.88 Å². The van der Waals surface area contributed by atoms with Crippen molar-refractivity contribution in [1.29, 1.82) is 0 Å². The number of hydrogen-bond donors (Lipinski definition) is 1. The lowest BCUT2D eigenvalue weighted by Gasteiger charge is -2.01.